The number of hydrogen-bond donors (Lipinski definition) is 1. The fourth-order valence-electron chi connectivity index (χ4n) is 2.52. The van der Waals surface area contributed by atoms with Crippen LogP contribution in [0.2, 0.25) is 5.02 Å². The Morgan fingerprint density at radius 1 is 1.21 bits per heavy atom. The molecule has 0 saturated heterocycles. The molecule has 1 aromatic heterocycles. The van der Waals surface area contributed by atoms with Crippen molar-refractivity contribution in [3.63, 3.8) is 0 Å². The van der Waals surface area contributed by atoms with E-state index in [2.05, 4.69) is 5.32 Å². The van der Waals surface area contributed by atoms with Crippen LogP contribution in [0.4, 0.5) is 5.69 Å². The zero-order chi connectivity index (χ0) is 17.1. The van der Waals surface area contributed by atoms with E-state index in [1.54, 1.807) is 41.1 Å². The number of para-hydroxylation sites is 1. The van der Waals surface area contributed by atoms with Crippen LogP contribution in [0.5, 0.6) is 5.75 Å². The third-order valence-corrected chi connectivity index (χ3v) is 3.87. The van der Waals surface area contributed by atoms with Crippen LogP contribution in [-0.4, -0.2) is 17.6 Å². The van der Waals surface area contributed by atoms with Crippen molar-refractivity contribution in [3.05, 3.63) is 70.0 Å². The van der Waals surface area contributed by atoms with E-state index in [9.17, 15) is 9.59 Å². The summed E-state index contributed by atoms with van der Waals surface area (Å²) in [5.74, 6) is 0.280. The number of nitrogens with zero attached hydrogens (tertiary/aromatic N) is 1. The third-order valence-electron chi connectivity index (χ3n) is 3.63. The molecule has 0 saturated carbocycles. The minimum atomic E-state index is -0.246. The molecule has 1 N–H and O–H groups in total. The highest BCUT2D eigenvalue weighted by atomic mass is 35.5. The number of nitrogens with one attached hydrogen (secondary N) is 1. The van der Waals surface area contributed by atoms with Crippen molar-refractivity contribution in [2.24, 2.45) is 0 Å². The van der Waals surface area contributed by atoms with Gasteiger partial charge in [-0.3, -0.25) is 9.59 Å². The number of halogens is 1. The maximum absolute atomic E-state index is 12.4. The first-order chi connectivity index (χ1) is 11.6. The molecular weight excluding hydrogens is 328 g/mol. The number of pyridine rings is 1. The van der Waals surface area contributed by atoms with Crippen molar-refractivity contribution < 1.29 is 9.53 Å². The number of anilines is 1. The molecule has 0 aliphatic carbocycles. The van der Waals surface area contributed by atoms with E-state index >= 15 is 0 Å². The van der Waals surface area contributed by atoms with Crippen LogP contribution in [0, 0.1) is 0 Å². The van der Waals surface area contributed by atoms with Crippen molar-refractivity contribution in [2.75, 3.05) is 12.4 Å². The highest BCUT2D eigenvalue weighted by Crippen LogP contribution is 2.27. The maximum Gasteiger partial charge on any atom is 0.244 e. The number of carbonyl (C=O) groups excluding carboxylic acids is 1. The van der Waals surface area contributed by atoms with Gasteiger partial charge in [-0.2, -0.15) is 0 Å². The van der Waals surface area contributed by atoms with Crippen molar-refractivity contribution >= 4 is 34.1 Å². The lowest BCUT2D eigenvalue weighted by Gasteiger charge is -2.13. The van der Waals surface area contributed by atoms with Gasteiger partial charge in [0, 0.05) is 22.7 Å². The third kappa shape index (κ3) is 3.26. The van der Waals surface area contributed by atoms with E-state index in [0.717, 1.165) is 0 Å². The zero-order valence-corrected chi connectivity index (χ0v) is 13.7. The summed E-state index contributed by atoms with van der Waals surface area (Å²) >= 11 is 5.97. The standard InChI is InChI=1S/C18H15ClN2O3/c1-24-17-7-6-12(19)10-14(17)20-18(23)11-21-9-8-16(22)13-4-2-3-5-15(13)21/h2-10H,11H2,1H3,(H,20,23). The molecule has 3 aromatic rings. The topological polar surface area (TPSA) is 60.3 Å². The minimum Gasteiger partial charge on any atom is -0.495 e. The Morgan fingerprint density at radius 2 is 2.00 bits per heavy atom. The Labute approximate surface area is 143 Å². The van der Waals surface area contributed by atoms with Crippen LogP contribution in [0.1, 0.15) is 0 Å². The van der Waals surface area contributed by atoms with Crippen molar-refractivity contribution in [1.82, 2.24) is 4.57 Å². The van der Waals surface area contributed by atoms with Gasteiger partial charge in [0.15, 0.2) is 5.43 Å². The number of aromatic nitrogens is 1. The fourth-order valence-corrected chi connectivity index (χ4v) is 2.69. The van der Waals surface area contributed by atoms with Crippen LogP contribution in [-0.2, 0) is 11.3 Å². The number of methoxy groups -OCH3 is 1. The van der Waals surface area contributed by atoms with Crippen LogP contribution in [0.25, 0.3) is 10.9 Å². The van der Waals surface area contributed by atoms with Gasteiger partial charge in [0.05, 0.1) is 18.3 Å². The molecule has 0 bridgehead atoms. The van der Waals surface area contributed by atoms with E-state index in [1.165, 1.54) is 13.2 Å². The number of rotatable bonds is 4. The number of ether oxygens (including phenoxy) is 1. The van der Waals surface area contributed by atoms with Crippen molar-refractivity contribution in [2.45, 2.75) is 6.54 Å². The van der Waals surface area contributed by atoms with Gasteiger partial charge in [-0.15, -0.1) is 0 Å². The van der Waals surface area contributed by atoms with Crippen molar-refractivity contribution in [1.29, 1.82) is 0 Å². The lowest BCUT2D eigenvalue weighted by molar-refractivity contribution is -0.116. The predicted octanol–water partition coefficient (Wildman–Crippen LogP) is 3.30. The quantitative estimate of drug-likeness (QED) is 0.791. The Balaban J connectivity index is 1.88. The summed E-state index contributed by atoms with van der Waals surface area (Å²) in [5.41, 5.74) is 1.14. The molecule has 122 valence electrons. The summed E-state index contributed by atoms with van der Waals surface area (Å²) in [6, 6.07) is 13.6. The average Bonchev–Trinajstić information content (AvgIpc) is 2.58. The predicted molar refractivity (Wildman–Crippen MR) is 94.8 cm³/mol. The second-order valence-corrected chi connectivity index (χ2v) is 5.65. The molecule has 0 atom stereocenters. The molecule has 0 radical (unpaired) electrons. The number of amides is 1. The SMILES string of the molecule is COc1ccc(Cl)cc1NC(=O)Cn1ccc(=O)c2ccccc21. The lowest BCUT2D eigenvalue weighted by atomic mass is 10.2. The highest BCUT2D eigenvalue weighted by Gasteiger charge is 2.10. The zero-order valence-electron chi connectivity index (χ0n) is 13.0. The van der Waals surface area contributed by atoms with Crippen LogP contribution in [0.15, 0.2) is 59.5 Å². The Morgan fingerprint density at radius 3 is 2.79 bits per heavy atom. The van der Waals surface area contributed by atoms with Crippen LogP contribution in [0.3, 0.4) is 0 Å². The van der Waals surface area contributed by atoms with E-state index in [4.69, 9.17) is 16.3 Å². The highest BCUT2D eigenvalue weighted by molar-refractivity contribution is 6.31. The summed E-state index contributed by atoms with van der Waals surface area (Å²) in [7, 11) is 1.52. The average molecular weight is 343 g/mol. The maximum atomic E-state index is 12.4. The smallest absolute Gasteiger partial charge is 0.244 e. The molecule has 0 spiro atoms. The first kappa shape index (κ1) is 16.1. The molecule has 5 nitrogen and oxygen atoms in total. The van der Waals surface area contributed by atoms with Crippen molar-refractivity contribution in [3.8, 4) is 5.75 Å². The summed E-state index contributed by atoms with van der Waals surface area (Å²) in [5, 5.41) is 3.86. The van der Waals surface area contributed by atoms with Gasteiger partial charge in [0.25, 0.3) is 0 Å². The van der Waals surface area contributed by atoms with E-state index < -0.39 is 0 Å². The lowest BCUT2D eigenvalue weighted by Crippen LogP contribution is -2.20. The van der Waals surface area contributed by atoms with Gasteiger partial charge >= 0.3 is 0 Å². The molecule has 0 unspecified atom stereocenters. The molecule has 6 heteroatoms. The van der Waals surface area contributed by atoms with Gasteiger partial charge in [-0.1, -0.05) is 23.7 Å². The first-order valence-corrected chi connectivity index (χ1v) is 7.68. The second-order valence-electron chi connectivity index (χ2n) is 5.22. The molecular formula is C18H15ClN2O3. The van der Waals surface area contributed by atoms with E-state index in [0.29, 0.717) is 27.4 Å². The van der Waals surface area contributed by atoms with Gasteiger partial charge < -0.3 is 14.6 Å². The Bertz CT molecular complexity index is 966. The first-order valence-electron chi connectivity index (χ1n) is 7.30. The number of carbonyl (C=O) groups is 1. The van der Waals surface area contributed by atoms with Gasteiger partial charge in [0.1, 0.15) is 12.3 Å². The minimum absolute atomic E-state index is 0.0659. The molecule has 0 aliphatic heterocycles. The van der Waals surface area contributed by atoms with Gasteiger partial charge in [0.2, 0.25) is 5.91 Å². The van der Waals surface area contributed by atoms with E-state index in [-0.39, 0.29) is 17.9 Å². The summed E-state index contributed by atoms with van der Waals surface area (Å²) in [6.07, 6.45) is 1.61. The number of fused-ring (bicyclic) bond motifs is 1. The van der Waals surface area contributed by atoms with Gasteiger partial charge in [-0.05, 0) is 30.3 Å². The number of benzene rings is 2. The molecule has 0 aliphatic rings. The summed E-state index contributed by atoms with van der Waals surface area (Å²) < 4.78 is 6.94. The molecule has 1 heterocycles. The van der Waals surface area contributed by atoms with Gasteiger partial charge in [-0.25, -0.2) is 0 Å². The molecule has 0 fully saturated rings. The summed E-state index contributed by atoms with van der Waals surface area (Å²) in [4.78, 5) is 24.3. The molecule has 2 aromatic carbocycles. The monoisotopic (exact) mass is 342 g/mol. The number of hydrogen-bond acceptors (Lipinski definition) is 3. The Hall–Kier alpha value is -2.79. The molecule has 1 amide bonds. The Kier molecular flexibility index (Phi) is 4.53. The largest absolute Gasteiger partial charge is 0.495 e. The normalized spacial score (nSPS) is 10.6. The molecule has 24 heavy (non-hydrogen) atoms. The van der Waals surface area contributed by atoms with Crippen LogP contribution < -0.4 is 15.5 Å². The fraction of sp³-hybridized carbons (Fsp3) is 0.111. The second kappa shape index (κ2) is 6.76. The summed E-state index contributed by atoms with van der Waals surface area (Å²) in [6.45, 7) is 0.0659. The van der Waals surface area contributed by atoms with E-state index in [1.807, 2.05) is 12.1 Å². The molecule has 3 rings (SSSR count). The van der Waals surface area contributed by atoms with Crippen LogP contribution >= 0.6 is 11.6 Å².